The van der Waals surface area contributed by atoms with Crippen molar-refractivity contribution in [1.82, 2.24) is 24.5 Å². The normalized spacial score (nSPS) is 21.5. The van der Waals surface area contributed by atoms with Gasteiger partial charge in [0.1, 0.15) is 6.33 Å². The van der Waals surface area contributed by atoms with Crippen molar-refractivity contribution in [1.29, 1.82) is 0 Å². The Bertz CT molecular complexity index is 934. The zero-order chi connectivity index (χ0) is 18.1. The molecule has 7 heteroatoms. The van der Waals surface area contributed by atoms with E-state index in [2.05, 4.69) is 45.9 Å². The van der Waals surface area contributed by atoms with E-state index >= 15 is 0 Å². The molecule has 1 fully saturated rings. The first-order valence-corrected chi connectivity index (χ1v) is 8.95. The van der Waals surface area contributed by atoms with Crippen molar-refractivity contribution >= 4 is 5.78 Å². The van der Waals surface area contributed by atoms with Crippen LogP contribution in [0.3, 0.4) is 0 Å². The molecule has 0 spiro atoms. The summed E-state index contributed by atoms with van der Waals surface area (Å²) in [6.45, 7) is 6.55. The van der Waals surface area contributed by atoms with Gasteiger partial charge in [-0.1, -0.05) is 44.2 Å². The topological polar surface area (TPSA) is 75.5 Å². The summed E-state index contributed by atoms with van der Waals surface area (Å²) in [5.41, 5.74) is 1.77. The summed E-state index contributed by atoms with van der Waals surface area (Å²) in [4.78, 5) is 23.1. The molecule has 1 N–H and O–H groups in total. The highest BCUT2D eigenvalue weighted by atomic mass is 16.5. The number of rotatable bonds is 4. The molecule has 0 radical (unpaired) electrons. The van der Waals surface area contributed by atoms with Gasteiger partial charge in [0, 0.05) is 25.7 Å². The third-order valence-corrected chi connectivity index (χ3v) is 4.82. The first kappa shape index (κ1) is 16.9. The van der Waals surface area contributed by atoms with Crippen LogP contribution in [0.4, 0.5) is 0 Å². The molecule has 3 aromatic rings. The zero-order valence-corrected chi connectivity index (χ0v) is 15.0. The van der Waals surface area contributed by atoms with E-state index in [4.69, 9.17) is 4.74 Å². The SMILES string of the molecule is CC(C)[C@H]1CN(Cc2cc(=O)n3[nH]cnc3n2)C[C@@H](c2ccccc2)O1. The van der Waals surface area contributed by atoms with Crippen LogP contribution in [-0.4, -0.2) is 43.7 Å². The van der Waals surface area contributed by atoms with Crippen molar-refractivity contribution in [3.8, 4) is 0 Å². The highest BCUT2D eigenvalue weighted by Gasteiger charge is 2.30. The minimum absolute atomic E-state index is 0.0209. The molecule has 1 aliphatic heterocycles. The smallest absolute Gasteiger partial charge is 0.274 e. The standard InChI is InChI=1S/C19H23N5O2/c1-13(2)16-10-23(11-17(26-16)14-6-4-3-5-7-14)9-15-8-18(25)24-19(22-15)20-12-21-24/h3-8,12-13,16-17H,9-11H2,1-2H3,(H,20,21,22)/t16-,17+/m1/s1. The van der Waals surface area contributed by atoms with E-state index in [0.717, 1.165) is 18.8 Å². The van der Waals surface area contributed by atoms with Crippen molar-refractivity contribution in [2.24, 2.45) is 5.92 Å². The van der Waals surface area contributed by atoms with Gasteiger partial charge in [0.05, 0.1) is 17.9 Å². The minimum atomic E-state index is -0.143. The molecular formula is C19H23N5O2. The molecule has 2 aromatic heterocycles. The number of ether oxygens (including phenoxy) is 1. The molecule has 0 aliphatic carbocycles. The molecule has 1 aliphatic rings. The molecule has 0 saturated carbocycles. The van der Waals surface area contributed by atoms with E-state index in [0.29, 0.717) is 18.2 Å². The summed E-state index contributed by atoms with van der Waals surface area (Å²) in [5, 5.41) is 2.77. The van der Waals surface area contributed by atoms with Gasteiger partial charge >= 0.3 is 0 Å². The Morgan fingerprint density at radius 1 is 1.27 bits per heavy atom. The maximum atomic E-state index is 12.2. The largest absolute Gasteiger partial charge is 0.367 e. The Hall–Kier alpha value is -2.51. The lowest BCUT2D eigenvalue weighted by Crippen LogP contribution is -2.45. The Kier molecular flexibility index (Phi) is 4.57. The van der Waals surface area contributed by atoms with Gasteiger partial charge < -0.3 is 4.74 Å². The van der Waals surface area contributed by atoms with Crippen molar-refractivity contribution in [2.45, 2.75) is 32.6 Å². The molecule has 4 rings (SSSR count). The van der Waals surface area contributed by atoms with E-state index < -0.39 is 0 Å². The van der Waals surface area contributed by atoms with Crippen molar-refractivity contribution in [2.75, 3.05) is 13.1 Å². The quantitative estimate of drug-likeness (QED) is 0.777. The fourth-order valence-electron chi connectivity index (χ4n) is 3.39. The lowest BCUT2D eigenvalue weighted by atomic mass is 10.0. The van der Waals surface area contributed by atoms with Crippen LogP contribution in [0.15, 0.2) is 47.5 Å². The molecule has 0 unspecified atom stereocenters. The Morgan fingerprint density at radius 2 is 2.08 bits per heavy atom. The predicted octanol–water partition coefficient (Wildman–Crippen LogP) is 2.02. The second-order valence-electron chi connectivity index (χ2n) is 7.12. The molecule has 0 amide bonds. The van der Waals surface area contributed by atoms with Crippen LogP contribution < -0.4 is 5.56 Å². The van der Waals surface area contributed by atoms with Crippen molar-refractivity contribution in [3.05, 3.63) is 64.3 Å². The Morgan fingerprint density at radius 3 is 2.85 bits per heavy atom. The molecular weight excluding hydrogens is 330 g/mol. The number of nitrogens with one attached hydrogen (secondary N) is 1. The summed E-state index contributed by atoms with van der Waals surface area (Å²) in [5.74, 6) is 0.817. The molecule has 7 nitrogen and oxygen atoms in total. The number of morpholine rings is 1. The first-order chi connectivity index (χ1) is 12.6. The lowest BCUT2D eigenvalue weighted by molar-refractivity contribution is -0.108. The third-order valence-electron chi connectivity index (χ3n) is 4.82. The lowest BCUT2D eigenvalue weighted by Gasteiger charge is -2.39. The highest BCUT2D eigenvalue weighted by Crippen LogP contribution is 2.28. The summed E-state index contributed by atoms with van der Waals surface area (Å²) < 4.78 is 7.68. The van der Waals surface area contributed by atoms with Gasteiger partial charge in [-0.25, -0.2) is 9.97 Å². The van der Waals surface area contributed by atoms with Crippen molar-refractivity contribution < 1.29 is 4.74 Å². The van der Waals surface area contributed by atoms with Gasteiger partial charge in [-0.05, 0) is 11.5 Å². The molecule has 136 valence electrons. The molecule has 1 aromatic carbocycles. The minimum Gasteiger partial charge on any atom is -0.367 e. The first-order valence-electron chi connectivity index (χ1n) is 8.95. The molecule has 2 atom stereocenters. The fourth-order valence-corrected chi connectivity index (χ4v) is 3.39. The van der Waals surface area contributed by atoms with E-state index in [9.17, 15) is 4.79 Å². The van der Waals surface area contributed by atoms with Gasteiger partial charge in [-0.2, -0.15) is 4.52 Å². The number of nitrogens with zero attached hydrogens (tertiary/aromatic N) is 4. The second kappa shape index (κ2) is 7.01. The van der Waals surface area contributed by atoms with Crippen LogP contribution in [0.5, 0.6) is 0 Å². The number of H-pyrrole nitrogens is 1. The number of aromatic amines is 1. The zero-order valence-electron chi connectivity index (χ0n) is 15.0. The van der Waals surface area contributed by atoms with E-state index in [1.807, 2.05) is 18.2 Å². The van der Waals surface area contributed by atoms with E-state index in [-0.39, 0.29) is 17.8 Å². The van der Waals surface area contributed by atoms with Crippen LogP contribution in [0.25, 0.3) is 5.78 Å². The van der Waals surface area contributed by atoms with Gasteiger partial charge in [0.25, 0.3) is 11.3 Å². The summed E-state index contributed by atoms with van der Waals surface area (Å²) in [6.07, 6.45) is 1.64. The number of hydrogen-bond acceptors (Lipinski definition) is 5. The summed E-state index contributed by atoms with van der Waals surface area (Å²) >= 11 is 0. The van der Waals surface area contributed by atoms with Crippen LogP contribution >= 0.6 is 0 Å². The number of benzene rings is 1. The third kappa shape index (κ3) is 3.40. The summed E-state index contributed by atoms with van der Waals surface area (Å²) in [7, 11) is 0. The fraction of sp³-hybridized carbons (Fsp3) is 0.421. The van der Waals surface area contributed by atoms with E-state index in [1.165, 1.54) is 16.4 Å². The highest BCUT2D eigenvalue weighted by molar-refractivity contribution is 5.26. The number of aromatic nitrogens is 4. The van der Waals surface area contributed by atoms with Crippen LogP contribution in [0, 0.1) is 5.92 Å². The van der Waals surface area contributed by atoms with Crippen LogP contribution in [0.1, 0.15) is 31.2 Å². The molecule has 0 bridgehead atoms. The Balaban J connectivity index is 1.58. The Labute approximate surface area is 151 Å². The maximum absolute atomic E-state index is 12.2. The number of hydrogen-bond donors (Lipinski definition) is 1. The van der Waals surface area contributed by atoms with Gasteiger partial charge in [-0.3, -0.25) is 14.8 Å². The monoisotopic (exact) mass is 353 g/mol. The number of fused-ring (bicyclic) bond motifs is 1. The molecule has 26 heavy (non-hydrogen) atoms. The predicted molar refractivity (Wildman–Crippen MR) is 97.8 cm³/mol. The van der Waals surface area contributed by atoms with Crippen LogP contribution in [-0.2, 0) is 11.3 Å². The van der Waals surface area contributed by atoms with Gasteiger partial charge in [0.15, 0.2) is 0 Å². The average Bonchev–Trinajstić information content (AvgIpc) is 3.11. The van der Waals surface area contributed by atoms with Crippen LogP contribution in [0.2, 0.25) is 0 Å². The second-order valence-corrected chi connectivity index (χ2v) is 7.12. The van der Waals surface area contributed by atoms with E-state index in [1.54, 1.807) is 6.07 Å². The van der Waals surface area contributed by atoms with Gasteiger partial charge in [-0.15, -0.1) is 0 Å². The van der Waals surface area contributed by atoms with Gasteiger partial charge in [0.2, 0.25) is 0 Å². The molecule has 1 saturated heterocycles. The molecule has 3 heterocycles. The maximum Gasteiger partial charge on any atom is 0.274 e. The van der Waals surface area contributed by atoms with Crippen molar-refractivity contribution in [3.63, 3.8) is 0 Å². The summed E-state index contributed by atoms with van der Waals surface area (Å²) in [6, 6.07) is 11.9. The average molecular weight is 353 g/mol.